The van der Waals surface area contributed by atoms with Crippen molar-refractivity contribution in [3.63, 3.8) is 0 Å². The number of nitrogens with one attached hydrogen (secondary N) is 1. The summed E-state index contributed by atoms with van der Waals surface area (Å²) in [5.41, 5.74) is 0.734. The third-order valence-corrected chi connectivity index (χ3v) is 3.89. The molecule has 0 fully saturated rings. The molecule has 11 heteroatoms. The molecule has 0 atom stereocenters. The smallest absolute Gasteiger partial charge is 0.387 e. The highest BCUT2D eigenvalue weighted by molar-refractivity contribution is 5.85. The molecule has 0 saturated carbocycles. The second kappa shape index (κ2) is 11.2. The van der Waals surface area contributed by atoms with Crippen LogP contribution in [0.25, 0.3) is 0 Å². The minimum absolute atomic E-state index is 0. The average molecular weight is 435 g/mol. The Morgan fingerprint density at radius 1 is 0.931 bits per heavy atom. The van der Waals surface area contributed by atoms with Gasteiger partial charge in [0.15, 0.2) is 11.5 Å². The molecular weight excluding hydrogens is 414 g/mol. The molecule has 0 unspecified atom stereocenters. The predicted molar refractivity (Wildman–Crippen MR) is 104 cm³/mol. The Labute approximate surface area is 172 Å². The van der Waals surface area contributed by atoms with Crippen molar-refractivity contribution in [2.75, 3.05) is 21.3 Å². The van der Waals surface area contributed by atoms with Crippen molar-refractivity contribution >= 4 is 18.1 Å². The largest absolute Gasteiger partial charge is 0.496 e. The van der Waals surface area contributed by atoms with Gasteiger partial charge in [0, 0.05) is 42.4 Å². The summed E-state index contributed by atoms with van der Waals surface area (Å²) in [7, 11) is 4.50. The number of halogens is 3. The van der Waals surface area contributed by atoms with Crippen molar-refractivity contribution in [2.45, 2.75) is 19.7 Å². The fourth-order valence-electron chi connectivity index (χ4n) is 2.59. The van der Waals surface area contributed by atoms with Gasteiger partial charge < -0.3 is 24.3 Å². The molecular formula is C18H21ClF2N2O6. The topological polar surface area (TPSA) is 92.1 Å². The molecule has 29 heavy (non-hydrogen) atoms. The number of ether oxygens (including phenoxy) is 4. The Bertz CT molecular complexity index is 838. The molecule has 2 aromatic rings. The van der Waals surface area contributed by atoms with Crippen molar-refractivity contribution in [3.05, 3.63) is 51.6 Å². The predicted octanol–water partition coefficient (Wildman–Crippen LogP) is 3.93. The van der Waals surface area contributed by atoms with Crippen molar-refractivity contribution in [3.8, 4) is 23.0 Å². The minimum atomic E-state index is -3.04. The number of non-ortho nitro benzene ring substituents is 1. The summed E-state index contributed by atoms with van der Waals surface area (Å²) in [5.74, 6) is 1.40. The van der Waals surface area contributed by atoms with E-state index in [1.807, 2.05) is 0 Å². The fourth-order valence-corrected chi connectivity index (χ4v) is 2.59. The minimum Gasteiger partial charge on any atom is -0.496 e. The molecule has 0 aliphatic carbocycles. The van der Waals surface area contributed by atoms with Crippen molar-refractivity contribution in [1.82, 2.24) is 5.32 Å². The number of methoxy groups -OCH3 is 3. The number of alkyl halides is 2. The third kappa shape index (κ3) is 6.33. The van der Waals surface area contributed by atoms with Crippen LogP contribution in [0, 0.1) is 10.1 Å². The number of rotatable bonds is 10. The van der Waals surface area contributed by atoms with E-state index in [0.29, 0.717) is 17.2 Å². The van der Waals surface area contributed by atoms with Gasteiger partial charge in [0.2, 0.25) is 0 Å². The van der Waals surface area contributed by atoms with Crippen LogP contribution in [0.5, 0.6) is 23.0 Å². The van der Waals surface area contributed by atoms with Crippen LogP contribution in [0.2, 0.25) is 0 Å². The lowest BCUT2D eigenvalue weighted by molar-refractivity contribution is -0.385. The Kier molecular flexibility index (Phi) is 9.36. The quantitative estimate of drug-likeness (QED) is 0.447. The van der Waals surface area contributed by atoms with E-state index < -0.39 is 11.5 Å². The highest BCUT2D eigenvalue weighted by Gasteiger charge is 2.16. The molecule has 8 nitrogen and oxygen atoms in total. The van der Waals surface area contributed by atoms with Crippen LogP contribution in [-0.2, 0) is 13.1 Å². The number of benzene rings is 2. The monoisotopic (exact) mass is 434 g/mol. The maximum atomic E-state index is 12.6. The van der Waals surface area contributed by atoms with Gasteiger partial charge in [-0.1, -0.05) is 0 Å². The SMILES string of the molecule is COc1cc(OC)c(OC)cc1CNCc1cc([N+](=O)[O-])ccc1OC(F)F.Cl. The van der Waals surface area contributed by atoms with Crippen molar-refractivity contribution in [2.24, 2.45) is 0 Å². The molecule has 1 N–H and O–H groups in total. The van der Waals surface area contributed by atoms with Crippen LogP contribution in [0.4, 0.5) is 14.5 Å². The summed E-state index contributed by atoms with van der Waals surface area (Å²) in [5, 5.41) is 14.0. The molecule has 0 spiro atoms. The van der Waals surface area contributed by atoms with E-state index in [2.05, 4.69) is 10.1 Å². The van der Waals surface area contributed by atoms with Crippen LogP contribution in [0.15, 0.2) is 30.3 Å². The average Bonchev–Trinajstić information content (AvgIpc) is 2.67. The molecule has 2 aromatic carbocycles. The van der Waals surface area contributed by atoms with Gasteiger partial charge in [0.1, 0.15) is 11.5 Å². The first-order valence-corrected chi connectivity index (χ1v) is 8.11. The Hall–Kier alpha value is -2.85. The summed E-state index contributed by atoms with van der Waals surface area (Å²) in [4.78, 5) is 10.3. The van der Waals surface area contributed by atoms with E-state index in [1.54, 1.807) is 12.1 Å². The van der Waals surface area contributed by atoms with Gasteiger partial charge >= 0.3 is 6.61 Å². The molecule has 2 rings (SSSR count). The standard InChI is InChI=1S/C18H20F2N2O6.ClH/c1-25-15-8-17(27-3)16(26-2)7-12(15)10-21-9-11-6-13(22(23)24)4-5-14(11)28-18(19)20;/h4-8,18,21H,9-10H2,1-3H3;1H. The maximum absolute atomic E-state index is 12.6. The third-order valence-electron chi connectivity index (χ3n) is 3.89. The Morgan fingerprint density at radius 2 is 1.48 bits per heavy atom. The van der Waals surface area contributed by atoms with Crippen LogP contribution >= 0.6 is 12.4 Å². The summed E-state index contributed by atoms with van der Waals surface area (Å²) in [6, 6.07) is 6.83. The first-order chi connectivity index (χ1) is 13.4. The zero-order chi connectivity index (χ0) is 20.7. The molecule has 0 radical (unpaired) electrons. The van der Waals surface area contributed by atoms with Gasteiger partial charge in [0.25, 0.3) is 5.69 Å². The van der Waals surface area contributed by atoms with E-state index in [9.17, 15) is 18.9 Å². The van der Waals surface area contributed by atoms with Crippen LogP contribution in [0.1, 0.15) is 11.1 Å². The van der Waals surface area contributed by atoms with E-state index in [4.69, 9.17) is 14.2 Å². The molecule has 0 bridgehead atoms. The molecule has 0 aliphatic heterocycles. The maximum Gasteiger partial charge on any atom is 0.387 e. The van der Waals surface area contributed by atoms with Crippen molar-refractivity contribution in [1.29, 1.82) is 0 Å². The first-order valence-electron chi connectivity index (χ1n) is 8.11. The van der Waals surface area contributed by atoms with Gasteiger partial charge in [-0.25, -0.2) is 0 Å². The zero-order valence-electron chi connectivity index (χ0n) is 15.9. The molecule has 0 heterocycles. The highest BCUT2D eigenvalue weighted by atomic mass is 35.5. The summed E-state index contributed by atoms with van der Waals surface area (Å²) in [6.45, 7) is -2.70. The Balaban J connectivity index is 0.00000420. The van der Waals surface area contributed by atoms with Crippen molar-refractivity contribution < 1.29 is 32.7 Å². The number of hydrogen-bond acceptors (Lipinski definition) is 7. The van der Waals surface area contributed by atoms with Gasteiger partial charge in [0.05, 0.1) is 26.3 Å². The number of nitrogens with zero attached hydrogens (tertiary/aromatic N) is 1. The second-order valence-electron chi connectivity index (χ2n) is 5.55. The highest BCUT2D eigenvalue weighted by Crippen LogP contribution is 2.34. The second-order valence-corrected chi connectivity index (χ2v) is 5.55. The Morgan fingerprint density at radius 3 is 2.00 bits per heavy atom. The molecule has 0 saturated heterocycles. The van der Waals surface area contributed by atoms with E-state index in [0.717, 1.165) is 17.7 Å². The fraction of sp³-hybridized carbons (Fsp3) is 0.333. The van der Waals surface area contributed by atoms with Crippen LogP contribution in [0.3, 0.4) is 0 Å². The molecule has 0 aromatic heterocycles. The normalized spacial score (nSPS) is 10.3. The van der Waals surface area contributed by atoms with Crippen LogP contribution in [-0.4, -0.2) is 32.9 Å². The summed E-state index contributed by atoms with van der Waals surface area (Å²) in [6.07, 6.45) is 0. The van der Waals surface area contributed by atoms with Gasteiger partial charge in [-0.3, -0.25) is 10.1 Å². The number of hydrogen-bond donors (Lipinski definition) is 1. The lowest BCUT2D eigenvalue weighted by atomic mass is 10.1. The van der Waals surface area contributed by atoms with Gasteiger partial charge in [-0.15, -0.1) is 12.4 Å². The molecule has 0 amide bonds. The van der Waals surface area contributed by atoms with Gasteiger partial charge in [-0.05, 0) is 12.1 Å². The zero-order valence-corrected chi connectivity index (χ0v) is 16.8. The number of nitro benzene ring substituents is 1. The number of nitro groups is 1. The van der Waals surface area contributed by atoms with E-state index in [-0.39, 0.29) is 42.5 Å². The lowest BCUT2D eigenvalue weighted by Gasteiger charge is -2.15. The molecule has 0 aliphatic rings. The van der Waals surface area contributed by atoms with Crippen LogP contribution < -0.4 is 24.3 Å². The van der Waals surface area contributed by atoms with E-state index >= 15 is 0 Å². The molecule has 160 valence electrons. The lowest BCUT2D eigenvalue weighted by Crippen LogP contribution is -2.15. The summed E-state index contributed by atoms with van der Waals surface area (Å²) < 4.78 is 45.4. The summed E-state index contributed by atoms with van der Waals surface area (Å²) >= 11 is 0. The van der Waals surface area contributed by atoms with Gasteiger partial charge in [-0.2, -0.15) is 8.78 Å². The first kappa shape index (κ1) is 24.2. The van der Waals surface area contributed by atoms with E-state index in [1.165, 1.54) is 27.4 Å².